The highest BCUT2D eigenvalue weighted by Gasteiger charge is 2.60. The summed E-state index contributed by atoms with van der Waals surface area (Å²) in [6, 6.07) is 5.90. The van der Waals surface area contributed by atoms with Crippen LogP contribution >= 0.6 is 0 Å². The lowest BCUT2D eigenvalue weighted by Crippen LogP contribution is -2.32. The number of carbonyl (C=O) groups is 3. The van der Waals surface area contributed by atoms with Gasteiger partial charge < -0.3 is 5.11 Å². The largest absolute Gasteiger partial charge is 0.478 e. The van der Waals surface area contributed by atoms with E-state index in [4.69, 9.17) is 5.11 Å². The first-order valence-corrected chi connectivity index (χ1v) is 7.38. The second kappa shape index (κ2) is 4.29. The van der Waals surface area contributed by atoms with Crippen molar-refractivity contribution in [2.45, 2.75) is 13.3 Å². The second-order valence-electron chi connectivity index (χ2n) is 6.33. The quantitative estimate of drug-likeness (QED) is 0.670. The van der Waals surface area contributed by atoms with Crippen molar-refractivity contribution in [1.29, 1.82) is 0 Å². The molecule has 5 heteroatoms. The van der Waals surface area contributed by atoms with E-state index in [0.717, 1.165) is 6.42 Å². The van der Waals surface area contributed by atoms with Crippen molar-refractivity contribution in [2.75, 3.05) is 4.90 Å². The Morgan fingerprint density at radius 1 is 1.14 bits per heavy atom. The van der Waals surface area contributed by atoms with Gasteiger partial charge in [0.25, 0.3) is 0 Å². The summed E-state index contributed by atoms with van der Waals surface area (Å²) in [5.41, 5.74) is 1.82. The number of carboxylic acid groups (broad SMARTS) is 1. The second-order valence-corrected chi connectivity index (χ2v) is 6.33. The number of hydrogen-bond donors (Lipinski definition) is 1. The standard InChI is InChI=1S/C17H15NO4/c1-8-6-10-7-12(8)14-13(10)15(19)18(16(14)20)11-4-2-9(3-5-11)17(21)22/h2-6,10,12-14H,7H2,1H3,(H,21,22). The number of benzene rings is 1. The van der Waals surface area contributed by atoms with Crippen LogP contribution < -0.4 is 4.90 Å². The number of rotatable bonds is 2. The van der Waals surface area contributed by atoms with Gasteiger partial charge in [0, 0.05) is 0 Å². The lowest BCUT2D eigenvalue weighted by Gasteiger charge is -2.19. The van der Waals surface area contributed by atoms with Gasteiger partial charge in [-0.05, 0) is 49.4 Å². The van der Waals surface area contributed by atoms with Crippen LogP contribution in [0, 0.1) is 23.7 Å². The van der Waals surface area contributed by atoms with Crippen molar-refractivity contribution in [2.24, 2.45) is 23.7 Å². The normalized spacial score (nSPS) is 32.4. The first kappa shape index (κ1) is 13.2. The number of hydrogen-bond acceptors (Lipinski definition) is 3. The summed E-state index contributed by atoms with van der Waals surface area (Å²) in [4.78, 5) is 37.5. The molecule has 1 aromatic carbocycles. The van der Waals surface area contributed by atoms with Gasteiger partial charge in [-0.25, -0.2) is 4.79 Å². The molecule has 4 atom stereocenters. The van der Waals surface area contributed by atoms with E-state index in [1.54, 1.807) is 0 Å². The number of amides is 2. The number of anilines is 1. The average molecular weight is 297 g/mol. The van der Waals surface area contributed by atoms with Crippen LogP contribution in [0.2, 0.25) is 0 Å². The highest BCUT2D eigenvalue weighted by atomic mass is 16.4. The number of carbonyl (C=O) groups excluding carboxylic acids is 2. The number of aromatic carboxylic acids is 1. The van der Waals surface area contributed by atoms with Crippen LogP contribution in [-0.4, -0.2) is 22.9 Å². The van der Waals surface area contributed by atoms with E-state index >= 15 is 0 Å². The Hall–Kier alpha value is -2.43. The molecule has 0 aromatic heterocycles. The zero-order valence-electron chi connectivity index (χ0n) is 12.0. The smallest absolute Gasteiger partial charge is 0.335 e. The number of fused-ring (bicyclic) bond motifs is 5. The van der Waals surface area contributed by atoms with E-state index in [2.05, 4.69) is 6.08 Å². The third-order valence-corrected chi connectivity index (χ3v) is 5.25. The molecule has 1 saturated carbocycles. The van der Waals surface area contributed by atoms with Crippen molar-refractivity contribution in [3.63, 3.8) is 0 Å². The van der Waals surface area contributed by atoms with Crippen molar-refractivity contribution >= 4 is 23.5 Å². The number of allylic oxidation sites excluding steroid dienone is 2. The minimum atomic E-state index is -1.03. The molecule has 4 rings (SSSR count). The molecule has 2 fully saturated rings. The van der Waals surface area contributed by atoms with Gasteiger partial charge in [0.2, 0.25) is 11.8 Å². The molecular weight excluding hydrogens is 282 g/mol. The lowest BCUT2D eigenvalue weighted by molar-refractivity contribution is -0.123. The minimum Gasteiger partial charge on any atom is -0.478 e. The predicted molar refractivity (Wildman–Crippen MR) is 78.2 cm³/mol. The molecule has 22 heavy (non-hydrogen) atoms. The number of imide groups is 1. The first-order valence-electron chi connectivity index (χ1n) is 7.38. The Bertz CT molecular complexity index is 734. The SMILES string of the molecule is CC1=CC2CC1C1C(=O)N(c3ccc(C(=O)O)cc3)C(=O)C21. The van der Waals surface area contributed by atoms with Crippen LogP contribution in [0.3, 0.4) is 0 Å². The number of nitrogens with zero attached hydrogens (tertiary/aromatic N) is 1. The van der Waals surface area contributed by atoms with Crippen molar-refractivity contribution in [3.05, 3.63) is 41.5 Å². The number of carboxylic acids is 1. The van der Waals surface area contributed by atoms with E-state index in [-0.39, 0.29) is 41.0 Å². The van der Waals surface area contributed by atoms with Gasteiger partial charge in [-0.3, -0.25) is 14.5 Å². The molecule has 0 radical (unpaired) electrons. The summed E-state index contributed by atoms with van der Waals surface area (Å²) in [5, 5.41) is 8.93. The van der Waals surface area contributed by atoms with Crippen molar-refractivity contribution in [3.8, 4) is 0 Å². The predicted octanol–water partition coefficient (Wildman–Crippen LogP) is 2.09. The molecule has 2 amide bonds. The van der Waals surface area contributed by atoms with Gasteiger partial charge in [-0.1, -0.05) is 11.6 Å². The van der Waals surface area contributed by atoms with Gasteiger partial charge in [0.1, 0.15) is 0 Å². The van der Waals surface area contributed by atoms with E-state index in [1.807, 2.05) is 6.92 Å². The summed E-state index contributed by atoms with van der Waals surface area (Å²) < 4.78 is 0. The van der Waals surface area contributed by atoms with E-state index in [1.165, 1.54) is 34.7 Å². The van der Waals surface area contributed by atoms with Crippen molar-refractivity contribution in [1.82, 2.24) is 0 Å². The molecule has 0 spiro atoms. The summed E-state index contributed by atoms with van der Waals surface area (Å²) in [7, 11) is 0. The molecule has 1 N–H and O–H groups in total. The van der Waals surface area contributed by atoms with E-state index in [9.17, 15) is 14.4 Å². The van der Waals surface area contributed by atoms with E-state index < -0.39 is 5.97 Å². The zero-order chi connectivity index (χ0) is 15.6. The monoisotopic (exact) mass is 297 g/mol. The van der Waals surface area contributed by atoms with Crippen LogP contribution in [0.25, 0.3) is 0 Å². The molecule has 1 aliphatic heterocycles. The average Bonchev–Trinajstić information content (AvgIpc) is 3.11. The molecule has 1 heterocycles. The highest BCUT2D eigenvalue weighted by Crippen LogP contribution is 2.55. The Labute approximate surface area is 127 Å². The molecule has 4 unspecified atom stereocenters. The van der Waals surface area contributed by atoms with Gasteiger partial charge in [-0.2, -0.15) is 0 Å². The van der Waals surface area contributed by atoms with E-state index in [0.29, 0.717) is 5.69 Å². The summed E-state index contributed by atoms with van der Waals surface area (Å²) >= 11 is 0. The zero-order valence-corrected chi connectivity index (χ0v) is 12.0. The first-order chi connectivity index (χ1) is 10.5. The summed E-state index contributed by atoms with van der Waals surface area (Å²) in [6.07, 6.45) is 3.04. The Balaban J connectivity index is 1.69. The fraction of sp³-hybridized carbons (Fsp3) is 0.353. The maximum absolute atomic E-state index is 12.7. The lowest BCUT2D eigenvalue weighted by atomic mass is 9.82. The highest BCUT2D eigenvalue weighted by molar-refractivity contribution is 6.22. The fourth-order valence-corrected chi connectivity index (χ4v) is 4.28. The van der Waals surface area contributed by atoms with Crippen molar-refractivity contribution < 1.29 is 19.5 Å². The maximum Gasteiger partial charge on any atom is 0.335 e. The third kappa shape index (κ3) is 1.56. The van der Waals surface area contributed by atoms with Gasteiger partial charge in [-0.15, -0.1) is 0 Å². The molecule has 1 aromatic rings. The summed E-state index contributed by atoms with van der Waals surface area (Å²) in [5.74, 6) is -1.42. The Kier molecular flexibility index (Phi) is 2.58. The van der Waals surface area contributed by atoms with Crippen LogP contribution in [0.4, 0.5) is 5.69 Å². The molecular formula is C17H15NO4. The van der Waals surface area contributed by atoms with Crippen LogP contribution in [0.15, 0.2) is 35.9 Å². The maximum atomic E-state index is 12.7. The topological polar surface area (TPSA) is 74.7 Å². The Morgan fingerprint density at radius 3 is 2.41 bits per heavy atom. The third-order valence-electron chi connectivity index (χ3n) is 5.25. The fourth-order valence-electron chi connectivity index (χ4n) is 4.28. The van der Waals surface area contributed by atoms with Crippen LogP contribution in [-0.2, 0) is 9.59 Å². The molecule has 1 saturated heterocycles. The molecule has 2 aliphatic carbocycles. The Morgan fingerprint density at radius 2 is 1.77 bits per heavy atom. The molecule has 5 nitrogen and oxygen atoms in total. The van der Waals surface area contributed by atoms with Crippen LogP contribution in [0.5, 0.6) is 0 Å². The minimum absolute atomic E-state index is 0.139. The van der Waals surface area contributed by atoms with Gasteiger partial charge in [0.05, 0.1) is 23.1 Å². The molecule has 2 bridgehead atoms. The summed E-state index contributed by atoms with van der Waals surface area (Å²) in [6.45, 7) is 2.03. The van der Waals surface area contributed by atoms with Gasteiger partial charge in [0.15, 0.2) is 0 Å². The van der Waals surface area contributed by atoms with Gasteiger partial charge >= 0.3 is 5.97 Å². The molecule has 112 valence electrons. The van der Waals surface area contributed by atoms with Crippen LogP contribution in [0.1, 0.15) is 23.7 Å². The molecule has 3 aliphatic rings.